The Morgan fingerprint density at radius 3 is 2.57 bits per heavy atom. The van der Waals surface area contributed by atoms with E-state index in [0.29, 0.717) is 28.1 Å². The number of rotatable bonds is 6. The Morgan fingerprint density at radius 1 is 1.07 bits per heavy atom. The van der Waals surface area contributed by atoms with Gasteiger partial charge in [0.05, 0.1) is 11.2 Å². The van der Waals surface area contributed by atoms with Crippen LogP contribution < -0.4 is 10.2 Å². The quantitative estimate of drug-likeness (QED) is 0.491. The molecule has 4 rings (SSSR count). The molecule has 1 fully saturated rings. The highest BCUT2D eigenvalue weighted by molar-refractivity contribution is 6.36. The van der Waals surface area contributed by atoms with Crippen LogP contribution in [0.5, 0.6) is 0 Å². The van der Waals surface area contributed by atoms with Gasteiger partial charge in [0.1, 0.15) is 0 Å². The summed E-state index contributed by atoms with van der Waals surface area (Å²) in [6.45, 7) is 2.20. The smallest absolute Gasteiger partial charge is 0.224 e. The summed E-state index contributed by atoms with van der Waals surface area (Å²) in [7, 11) is 0. The van der Waals surface area contributed by atoms with Crippen molar-refractivity contribution in [2.24, 2.45) is 0 Å². The first kappa shape index (κ1) is 20.8. The molecule has 5 nitrogen and oxygen atoms in total. The second-order valence-electron chi connectivity index (χ2n) is 7.39. The molecule has 0 unspecified atom stereocenters. The van der Waals surface area contributed by atoms with Gasteiger partial charge in [-0.25, -0.2) is 4.98 Å². The first-order valence-electron chi connectivity index (χ1n) is 10.1. The van der Waals surface area contributed by atoms with Gasteiger partial charge in [0.15, 0.2) is 11.7 Å². The molecule has 7 heteroatoms. The van der Waals surface area contributed by atoms with Crippen molar-refractivity contribution < 1.29 is 9.21 Å². The number of nitrogens with one attached hydrogen (secondary N) is 1. The van der Waals surface area contributed by atoms with Crippen molar-refractivity contribution >= 4 is 40.5 Å². The Hall–Kier alpha value is -2.50. The zero-order valence-corrected chi connectivity index (χ0v) is 18.0. The molecule has 2 heterocycles. The van der Waals surface area contributed by atoms with Crippen molar-refractivity contribution in [3.63, 3.8) is 0 Å². The lowest BCUT2D eigenvalue weighted by atomic mass is 10.1. The maximum atomic E-state index is 12.3. The summed E-state index contributed by atoms with van der Waals surface area (Å²) in [6, 6.07) is 13.2. The van der Waals surface area contributed by atoms with Crippen molar-refractivity contribution in [3.05, 3.63) is 64.6 Å². The topological polar surface area (TPSA) is 58.4 Å². The lowest BCUT2D eigenvalue weighted by Crippen LogP contribution is -2.29. The molecule has 0 atom stereocenters. The summed E-state index contributed by atoms with van der Waals surface area (Å²) < 4.78 is 5.75. The molecule has 0 saturated carbocycles. The highest BCUT2D eigenvalue weighted by Crippen LogP contribution is 2.31. The van der Waals surface area contributed by atoms with E-state index >= 15 is 0 Å². The van der Waals surface area contributed by atoms with E-state index in [4.69, 9.17) is 27.6 Å². The molecule has 2 aromatic carbocycles. The Balaban J connectivity index is 1.30. The molecule has 1 aliphatic rings. The molecule has 1 aliphatic heterocycles. The number of piperidine rings is 1. The van der Waals surface area contributed by atoms with Crippen LogP contribution in [0.1, 0.15) is 31.6 Å². The van der Waals surface area contributed by atoms with Crippen molar-refractivity contribution in [2.75, 3.05) is 23.3 Å². The molecule has 156 valence electrons. The maximum Gasteiger partial charge on any atom is 0.224 e. The molecular weight excluding hydrogens is 421 g/mol. The second-order valence-corrected chi connectivity index (χ2v) is 8.23. The maximum absolute atomic E-state index is 12.3. The zero-order valence-electron chi connectivity index (χ0n) is 16.5. The van der Waals surface area contributed by atoms with E-state index in [0.717, 1.165) is 24.3 Å². The van der Waals surface area contributed by atoms with Gasteiger partial charge >= 0.3 is 0 Å². The Bertz CT molecular complexity index is 1010. The second kappa shape index (κ2) is 9.54. The van der Waals surface area contributed by atoms with Crippen LogP contribution in [0, 0.1) is 0 Å². The normalized spacial score (nSPS) is 14.0. The van der Waals surface area contributed by atoms with E-state index in [2.05, 4.69) is 27.3 Å². The van der Waals surface area contributed by atoms with Gasteiger partial charge in [-0.15, -0.1) is 0 Å². The number of hydrogen-bond donors (Lipinski definition) is 1. The van der Waals surface area contributed by atoms with Gasteiger partial charge in [-0.1, -0.05) is 23.2 Å². The molecule has 0 bridgehead atoms. The largest absolute Gasteiger partial charge is 0.441 e. The predicted octanol–water partition coefficient (Wildman–Crippen LogP) is 6.21. The molecule has 1 N–H and O–H groups in total. The van der Waals surface area contributed by atoms with Gasteiger partial charge in [-0.3, -0.25) is 4.79 Å². The summed E-state index contributed by atoms with van der Waals surface area (Å²) in [6.07, 6.45) is 6.09. The first-order chi connectivity index (χ1) is 14.6. The SMILES string of the molecule is O=C(CCc1ncc(-c2ccc(Cl)cc2Cl)o1)Nc1ccc(N2CCCCC2)cc1. The number of aromatic nitrogens is 1. The predicted molar refractivity (Wildman–Crippen MR) is 121 cm³/mol. The van der Waals surface area contributed by atoms with Gasteiger partial charge in [-0.2, -0.15) is 0 Å². The summed E-state index contributed by atoms with van der Waals surface area (Å²) in [5.41, 5.74) is 2.72. The van der Waals surface area contributed by atoms with E-state index in [-0.39, 0.29) is 12.3 Å². The number of anilines is 2. The molecule has 30 heavy (non-hydrogen) atoms. The van der Waals surface area contributed by atoms with E-state index in [9.17, 15) is 4.79 Å². The molecule has 1 saturated heterocycles. The number of nitrogens with zero attached hydrogens (tertiary/aromatic N) is 2. The van der Waals surface area contributed by atoms with Gasteiger partial charge < -0.3 is 14.6 Å². The van der Waals surface area contributed by atoms with Crippen molar-refractivity contribution in [1.82, 2.24) is 4.98 Å². The minimum absolute atomic E-state index is 0.0787. The Kier molecular flexibility index (Phi) is 6.60. The number of carbonyl (C=O) groups excluding carboxylic acids is 1. The molecule has 3 aromatic rings. The molecule has 0 aliphatic carbocycles. The summed E-state index contributed by atoms with van der Waals surface area (Å²) in [4.78, 5) is 19.0. The van der Waals surface area contributed by atoms with Crippen LogP contribution in [0.15, 0.2) is 53.1 Å². The average Bonchev–Trinajstić information content (AvgIpc) is 3.22. The highest BCUT2D eigenvalue weighted by Gasteiger charge is 2.13. The lowest BCUT2D eigenvalue weighted by molar-refractivity contribution is -0.116. The minimum Gasteiger partial charge on any atom is -0.441 e. The first-order valence-corrected chi connectivity index (χ1v) is 10.9. The fourth-order valence-electron chi connectivity index (χ4n) is 3.59. The van der Waals surface area contributed by atoms with Crippen LogP contribution in [-0.2, 0) is 11.2 Å². The van der Waals surface area contributed by atoms with E-state index < -0.39 is 0 Å². The van der Waals surface area contributed by atoms with Crippen molar-refractivity contribution in [3.8, 4) is 11.3 Å². The monoisotopic (exact) mass is 443 g/mol. The van der Waals surface area contributed by atoms with Crippen molar-refractivity contribution in [1.29, 1.82) is 0 Å². The molecular formula is C23H23Cl2N3O2. The third-order valence-corrected chi connectivity index (χ3v) is 5.74. The number of oxazole rings is 1. The van der Waals surface area contributed by atoms with Gasteiger partial charge in [0.2, 0.25) is 5.91 Å². The number of carbonyl (C=O) groups is 1. The third-order valence-electron chi connectivity index (χ3n) is 5.19. The lowest BCUT2D eigenvalue weighted by Gasteiger charge is -2.28. The van der Waals surface area contributed by atoms with Crippen LogP contribution in [0.4, 0.5) is 11.4 Å². The zero-order chi connectivity index (χ0) is 20.9. The fraction of sp³-hybridized carbons (Fsp3) is 0.304. The van der Waals surface area contributed by atoms with Crippen LogP contribution in [0.2, 0.25) is 10.0 Å². The van der Waals surface area contributed by atoms with Crippen molar-refractivity contribution in [2.45, 2.75) is 32.1 Å². The molecule has 0 radical (unpaired) electrons. The third kappa shape index (κ3) is 5.15. The Labute approximate surface area is 186 Å². The average molecular weight is 444 g/mol. The molecule has 1 aromatic heterocycles. The van der Waals surface area contributed by atoms with E-state index in [1.165, 1.54) is 24.9 Å². The van der Waals surface area contributed by atoms with Crippen LogP contribution in [0.25, 0.3) is 11.3 Å². The summed E-state index contributed by atoms with van der Waals surface area (Å²) >= 11 is 12.1. The van der Waals surface area contributed by atoms with Gasteiger partial charge in [0, 0.05) is 47.9 Å². The van der Waals surface area contributed by atoms with Gasteiger partial charge in [-0.05, 0) is 61.7 Å². The number of aryl methyl sites for hydroxylation is 1. The summed E-state index contributed by atoms with van der Waals surface area (Å²) in [5, 5.41) is 3.99. The molecule has 0 spiro atoms. The van der Waals surface area contributed by atoms with E-state index in [1.807, 2.05) is 12.1 Å². The van der Waals surface area contributed by atoms with Gasteiger partial charge in [0.25, 0.3) is 0 Å². The van der Waals surface area contributed by atoms with Crippen LogP contribution >= 0.6 is 23.2 Å². The number of halogens is 2. The van der Waals surface area contributed by atoms with Crippen LogP contribution in [-0.4, -0.2) is 24.0 Å². The van der Waals surface area contributed by atoms with E-state index in [1.54, 1.807) is 24.4 Å². The standard InChI is InChI=1S/C23H23Cl2N3O2/c24-16-4-9-19(20(25)14-16)21-15-26-23(30-21)11-10-22(29)27-17-5-7-18(8-6-17)28-12-2-1-3-13-28/h4-9,14-15H,1-3,10-13H2,(H,27,29). The number of hydrogen-bond acceptors (Lipinski definition) is 4. The minimum atomic E-state index is -0.0787. The number of benzene rings is 2. The summed E-state index contributed by atoms with van der Waals surface area (Å²) in [5.74, 6) is 0.969. The fourth-order valence-corrected chi connectivity index (χ4v) is 4.09. The molecule has 1 amide bonds. The highest BCUT2D eigenvalue weighted by atomic mass is 35.5. The Morgan fingerprint density at radius 2 is 1.83 bits per heavy atom. The number of amides is 1. The van der Waals surface area contributed by atoms with Crippen LogP contribution in [0.3, 0.4) is 0 Å².